The van der Waals surface area contributed by atoms with Crippen molar-refractivity contribution in [1.82, 2.24) is 9.31 Å². The molecule has 0 amide bonds. The quantitative estimate of drug-likeness (QED) is 0.774. The van der Waals surface area contributed by atoms with Crippen LogP contribution in [0.4, 0.5) is 0 Å². The van der Waals surface area contributed by atoms with Crippen molar-refractivity contribution < 1.29 is 4.52 Å². The molecule has 6 heteroatoms. The molecule has 0 aliphatic rings. The molecule has 0 saturated carbocycles. The smallest absolute Gasteiger partial charge is 0.349 e. The van der Waals surface area contributed by atoms with Crippen LogP contribution in [-0.2, 0) is 6.54 Å². The SMILES string of the molecule is CCn1c(=O)c(=NC(C)C)on(C(C)C)c1=O. The van der Waals surface area contributed by atoms with E-state index in [1.165, 1.54) is 4.74 Å². The standard InChI is InChI=1S/C11H19N3O3/c1-6-13-10(15)9(12-7(2)3)17-14(8(4)5)11(13)16/h7-8H,6H2,1-5H3. The summed E-state index contributed by atoms with van der Waals surface area (Å²) in [6.45, 7) is 9.36. The van der Waals surface area contributed by atoms with Crippen molar-refractivity contribution in [1.29, 1.82) is 0 Å². The van der Waals surface area contributed by atoms with E-state index in [1.807, 2.05) is 27.7 Å². The molecule has 1 heterocycles. The maximum atomic E-state index is 11.9. The van der Waals surface area contributed by atoms with E-state index in [0.717, 1.165) is 4.57 Å². The number of hydrogen-bond acceptors (Lipinski definition) is 4. The van der Waals surface area contributed by atoms with Crippen molar-refractivity contribution in [2.24, 2.45) is 4.99 Å². The molecule has 0 atom stereocenters. The third-order valence-electron chi connectivity index (χ3n) is 2.19. The van der Waals surface area contributed by atoms with Crippen LogP contribution in [0.15, 0.2) is 19.1 Å². The molecule has 0 N–H and O–H groups in total. The highest BCUT2D eigenvalue weighted by Gasteiger charge is 2.11. The van der Waals surface area contributed by atoms with Crippen molar-refractivity contribution in [3.8, 4) is 0 Å². The van der Waals surface area contributed by atoms with E-state index < -0.39 is 11.2 Å². The second-order valence-electron chi connectivity index (χ2n) is 4.37. The van der Waals surface area contributed by atoms with E-state index >= 15 is 0 Å². The van der Waals surface area contributed by atoms with Crippen LogP contribution in [0.1, 0.15) is 40.7 Å². The Bertz CT molecular complexity index is 561. The second-order valence-corrected chi connectivity index (χ2v) is 4.37. The van der Waals surface area contributed by atoms with Gasteiger partial charge in [0.1, 0.15) is 0 Å². The fraction of sp³-hybridized carbons (Fsp3) is 0.727. The molecule has 0 aromatic carbocycles. The van der Waals surface area contributed by atoms with Crippen LogP contribution in [0.5, 0.6) is 0 Å². The summed E-state index contributed by atoms with van der Waals surface area (Å²) in [4.78, 5) is 27.9. The van der Waals surface area contributed by atoms with Gasteiger partial charge in [0, 0.05) is 12.6 Å². The van der Waals surface area contributed by atoms with Gasteiger partial charge in [-0.3, -0.25) is 9.36 Å². The van der Waals surface area contributed by atoms with Gasteiger partial charge in [-0.25, -0.2) is 9.79 Å². The van der Waals surface area contributed by atoms with Gasteiger partial charge in [-0.05, 0) is 34.6 Å². The molecule has 0 aliphatic heterocycles. The predicted molar refractivity (Wildman–Crippen MR) is 64.0 cm³/mol. The van der Waals surface area contributed by atoms with Gasteiger partial charge >= 0.3 is 16.8 Å². The topological polar surface area (TPSA) is 69.5 Å². The third-order valence-corrected chi connectivity index (χ3v) is 2.19. The molecule has 0 radical (unpaired) electrons. The maximum absolute atomic E-state index is 11.9. The molecule has 1 rings (SSSR count). The average molecular weight is 241 g/mol. The lowest BCUT2D eigenvalue weighted by atomic mass is 10.4. The largest absolute Gasteiger partial charge is 0.360 e. The molecule has 6 nitrogen and oxygen atoms in total. The Kier molecular flexibility index (Phi) is 4.09. The highest BCUT2D eigenvalue weighted by atomic mass is 16.5. The molecule has 0 fully saturated rings. The van der Waals surface area contributed by atoms with E-state index in [-0.39, 0.29) is 17.6 Å². The minimum absolute atomic E-state index is 0.0184. The van der Waals surface area contributed by atoms with Gasteiger partial charge in [-0.1, -0.05) is 0 Å². The second kappa shape index (κ2) is 5.16. The summed E-state index contributed by atoms with van der Waals surface area (Å²) in [7, 11) is 0. The fourth-order valence-electron chi connectivity index (χ4n) is 1.41. The fourth-order valence-corrected chi connectivity index (χ4v) is 1.41. The van der Waals surface area contributed by atoms with E-state index in [1.54, 1.807) is 6.92 Å². The van der Waals surface area contributed by atoms with Gasteiger partial charge in [0.05, 0.1) is 6.04 Å². The number of rotatable bonds is 3. The van der Waals surface area contributed by atoms with Crippen LogP contribution in [0.25, 0.3) is 0 Å². The van der Waals surface area contributed by atoms with Crippen LogP contribution in [-0.4, -0.2) is 15.3 Å². The molecule has 0 unspecified atom stereocenters. The first-order valence-electron chi connectivity index (χ1n) is 5.79. The first-order chi connectivity index (χ1) is 7.88. The lowest BCUT2D eigenvalue weighted by molar-refractivity contribution is 0.167. The summed E-state index contributed by atoms with van der Waals surface area (Å²) in [6, 6.07) is -0.211. The summed E-state index contributed by atoms with van der Waals surface area (Å²) in [5.41, 5.74) is -0.923. The zero-order valence-corrected chi connectivity index (χ0v) is 10.9. The first-order valence-corrected chi connectivity index (χ1v) is 5.79. The molecule has 96 valence electrons. The summed E-state index contributed by atoms with van der Waals surface area (Å²) in [5, 5.41) is 0. The van der Waals surface area contributed by atoms with Crippen LogP contribution in [0.3, 0.4) is 0 Å². The lowest BCUT2D eigenvalue weighted by Crippen LogP contribution is -2.48. The molecule has 17 heavy (non-hydrogen) atoms. The predicted octanol–water partition coefficient (Wildman–Crippen LogP) is 0.513. The van der Waals surface area contributed by atoms with Gasteiger partial charge < -0.3 is 4.52 Å². The normalized spacial score (nSPS) is 12.8. The molecular weight excluding hydrogens is 222 g/mol. The molecule has 0 saturated heterocycles. The summed E-state index contributed by atoms with van der Waals surface area (Å²) in [6.07, 6.45) is 0. The monoisotopic (exact) mass is 241 g/mol. The Morgan fingerprint density at radius 2 is 1.82 bits per heavy atom. The zero-order chi connectivity index (χ0) is 13.2. The summed E-state index contributed by atoms with van der Waals surface area (Å²) >= 11 is 0. The number of nitrogens with zero attached hydrogens (tertiary/aromatic N) is 3. The highest BCUT2D eigenvalue weighted by Crippen LogP contribution is 1.95. The Labute approximate surface area is 99.2 Å². The molecule has 1 aromatic heterocycles. The lowest BCUT2D eigenvalue weighted by Gasteiger charge is -2.10. The van der Waals surface area contributed by atoms with Crippen LogP contribution in [0.2, 0.25) is 0 Å². The Hall–Kier alpha value is -1.59. The average Bonchev–Trinajstić information content (AvgIpc) is 2.22. The number of aromatic nitrogens is 2. The van der Waals surface area contributed by atoms with Gasteiger partial charge in [0.15, 0.2) is 0 Å². The number of hydrogen-bond donors (Lipinski definition) is 0. The van der Waals surface area contributed by atoms with Crippen LogP contribution >= 0.6 is 0 Å². The van der Waals surface area contributed by atoms with Gasteiger partial charge in [0.25, 0.3) is 0 Å². The van der Waals surface area contributed by atoms with Crippen molar-refractivity contribution in [2.45, 2.75) is 53.2 Å². The van der Waals surface area contributed by atoms with E-state index in [2.05, 4.69) is 4.99 Å². The van der Waals surface area contributed by atoms with Crippen LogP contribution < -0.4 is 16.8 Å². The molecule has 0 spiro atoms. The van der Waals surface area contributed by atoms with Gasteiger partial charge in [0.2, 0.25) is 0 Å². The zero-order valence-electron chi connectivity index (χ0n) is 10.9. The van der Waals surface area contributed by atoms with Crippen molar-refractivity contribution in [3.63, 3.8) is 0 Å². The van der Waals surface area contributed by atoms with Crippen molar-refractivity contribution in [3.05, 3.63) is 26.4 Å². The first kappa shape index (κ1) is 13.5. The van der Waals surface area contributed by atoms with Gasteiger partial charge in [-0.15, -0.1) is 0 Å². The summed E-state index contributed by atoms with van der Waals surface area (Å²) in [5.74, 6) is 0. The van der Waals surface area contributed by atoms with E-state index in [0.29, 0.717) is 6.54 Å². The molecule has 0 bridgehead atoms. The maximum Gasteiger partial charge on any atom is 0.360 e. The van der Waals surface area contributed by atoms with Crippen LogP contribution in [0, 0.1) is 0 Å². The Morgan fingerprint density at radius 3 is 2.24 bits per heavy atom. The molecule has 0 aliphatic carbocycles. The van der Waals surface area contributed by atoms with Crippen molar-refractivity contribution in [2.75, 3.05) is 0 Å². The van der Waals surface area contributed by atoms with E-state index in [9.17, 15) is 9.59 Å². The van der Waals surface area contributed by atoms with Crippen molar-refractivity contribution >= 4 is 0 Å². The van der Waals surface area contributed by atoms with E-state index in [4.69, 9.17) is 4.52 Å². The Balaban J connectivity index is 3.72. The minimum Gasteiger partial charge on any atom is -0.349 e. The minimum atomic E-state index is -0.469. The molecule has 1 aromatic rings. The molecular formula is C11H19N3O3. The highest BCUT2D eigenvalue weighted by molar-refractivity contribution is 4.75. The third kappa shape index (κ3) is 2.75. The Morgan fingerprint density at radius 1 is 1.24 bits per heavy atom. The summed E-state index contributed by atoms with van der Waals surface area (Å²) < 4.78 is 7.56. The van der Waals surface area contributed by atoms with Gasteiger partial charge in [-0.2, -0.15) is 4.74 Å².